The number of nitrogens with zero attached hydrogens (tertiary/aromatic N) is 3. The van der Waals surface area contributed by atoms with Crippen LogP contribution in [0.1, 0.15) is 42.1 Å². The summed E-state index contributed by atoms with van der Waals surface area (Å²) in [7, 11) is 0. The molecule has 0 radical (unpaired) electrons. The first-order valence-corrected chi connectivity index (χ1v) is 9.34. The minimum atomic E-state index is -0.567. The maximum Gasteiger partial charge on any atom is 0.270 e. The van der Waals surface area contributed by atoms with Gasteiger partial charge >= 0.3 is 0 Å². The largest absolute Gasteiger partial charge is 0.393 e. The zero-order chi connectivity index (χ0) is 20.5. The minimum absolute atomic E-state index is 0.00530. The molecule has 0 atom stereocenters. The Labute approximate surface area is 165 Å². The molecule has 29 heavy (non-hydrogen) atoms. The molecule has 9 heteroatoms. The maximum atomic E-state index is 13.7. The van der Waals surface area contributed by atoms with Crippen LogP contribution in [0.25, 0.3) is 11.0 Å². The molecule has 2 N–H and O–H groups in total. The van der Waals surface area contributed by atoms with Gasteiger partial charge in [0.15, 0.2) is 0 Å². The number of hydrogen-bond donors (Lipinski definition) is 2. The highest BCUT2D eigenvalue weighted by molar-refractivity contribution is 6.04. The van der Waals surface area contributed by atoms with E-state index in [9.17, 15) is 24.4 Å². The van der Waals surface area contributed by atoms with E-state index in [2.05, 4.69) is 10.3 Å². The maximum absolute atomic E-state index is 13.7. The number of anilines is 1. The molecule has 0 unspecified atom stereocenters. The molecular weight excluding hydrogens is 379 g/mol. The van der Waals surface area contributed by atoms with Crippen molar-refractivity contribution in [2.75, 3.05) is 5.32 Å². The van der Waals surface area contributed by atoms with Crippen molar-refractivity contribution < 1.29 is 19.2 Å². The van der Waals surface area contributed by atoms with Crippen LogP contribution in [0.3, 0.4) is 0 Å². The fourth-order valence-corrected chi connectivity index (χ4v) is 3.78. The average Bonchev–Trinajstić information content (AvgIpc) is 3.05. The molecule has 1 aliphatic carbocycles. The number of rotatable bonds is 4. The number of non-ortho nitro benzene ring substituents is 1. The topological polar surface area (TPSA) is 110 Å². The van der Waals surface area contributed by atoms with Crippen LogP contribution in [0.4, 0.5) is 16.0 Å². The van der Waals surface area contributed by atoms with E-state index >= 15 is 0 Å². The highest BCUT2D eigenvalue weighted by Gasteiger charge is 2.26. The Kier molecular flexibility index (Phi) is 4.98. The van der Waals surface area contributed by atoms with Gasteiger partial charge in [-0.1, -0.05) is 6.07 Å². The summed E-state index contributed by atoms with van der Waals surface area (Å²) in [4.78, 5) is 27.5. The summed E-state index contributed by atoms with van der Waals surface area (Å²) in [5.74, 6) is -0.720. The van der Waals surface area contributed by atoms with Crippen LogP contribution in [-0.4, -0.2) is 31.6 Å². The lowest BCUT2D eigenvalue weighted by Crippen LogP contribution is -2.23. The zero-order valence-electron chi connectivity index (χ0n) is 15.4. The second-order valence-electron chi connectivity index (χ2n) is 7.16. The predicted octanol–water partition coefficient (Wildman–Crippen LogP) is 3.81. The molecule has 0 spiro atoms. The van der Waals surface area contributed by atoms with Gasteiger partial charge in [0.1, 0.15) is 5.82 Å². The Morgan fingerprint density at radius 1 is 1.21 bits per heavy atom. The second-order valence-corrected chi connectivity index (χ2v) is 7.16. The summed E-state index contributed by atoms with van der Waals surface area (Å²) in [6.07, 6.45) is 2.31. The van der Waals surface area contributed by atoms with E-state index in [-0.39, 0.29) is 29.3 Å². The number of nitro groups is 1. The van der Waals surface area contributed by atoms with Crippen LogP contribution in [0.2, 0.25) is 0 Å². The third-order valence-corrected chi connectivity index (χ3v) is 5.23. The molecule has 3 aromatic rings. The molecule has 1 saturated carbocycles. The molecule has 4 rings (SSSR count). The number of hydrogen-bond acceptors (Lipinski definition) is 5. The molecule has 8 nitrogen and oxygen atoms in total. The molecule has 0 saturated heterocycles. The summed E-state index contributed by atoms with van der Waals surface area (Å²) < 4.78 is 15.5. The molecule has 1 heterocycles. The number of nitro benzene ring substituents is 1. The first-order valence-electron chi connectivity index (χ1n) is 9.34. The highest BCUT2D eigenvalue weighted by atomic mass is 19.1. The van der Waals surface area contributed by atoms with Crippen LogP contribution >= 0.6 is 0 Å². The first kappa shape index (κ1) is 19.0. The summed E-state index contributed by atoms with van der Waals surface area (Å²) >= 11 is 0. The molecule has 2 aromatic carbocycles. The zero-order valence-corrected chi connectivity index (χ0v) is 15.4. The van der Waals surface area contributed by atoms with Gasteiger partial charge < -0.3 is 9.67 Å². The van der Waals surface area contributed by atoms with Crippen molar-refractivity contribution in [1.29, 1.82) is 0 Å². The van der Waals surface area contributed by atoms with Gasteiger partial charge in [-0.2, -0.15) is 0 Å². The average molecular weight is 398 g/mol. The number of imidazole rings is 1. The molecule has 1 aliphatic rings. The number of carbonyl (C=O) groups is 1. The van der Waals surface area contributed by atoms with Gasteiger partial charge in [-0.15, -0.1) is 0 Å². The number of aliphatic hydroxyl groups is 1. The SMILES string of the molecule is O=C(Nc1nc2cc(F)ccc2n1C1CCC(O)CC1)c1cccc([N+](=O)[O-])c1. The van der Waals surface area contributed by atoms with Gasteiger partial charge in [0.2, 0.25) is 5.95 Å². The van der Waals surface area contributed by atoms with E-state index in [1.54, 1.807) is 6.07 Å². The summed E-state index contributed by atoms with van der Waals surface area (Å²) in [6, 6.07) is 9.66. The number of carbonyl (C=O) groups excluding carboxylic acids is 1. The first-order chi connectivity index (χ1) is 13.9. The van der Waals surface area contributed by atoms with Crippen molar-refractivity contribution in [3.8, 4) is 0 Å². The lowest BCUT2D eigenvalue weighted by molar-refractivity contribution is -0.384. The number of nitrogens with one attached hydrogen (secondary N) is 1. The quantitative estimate of drug-likeness (QED) is 0.513. The molecule has 150 valence electrons. The number of amides is 1. The number of halogens is 1. The van der Waals surface area contributed by atoms with E-state index in [1.807, 2.05) is 4.57 Å². The van der Waals surface area contributed by atoms with Crippen molar-refractivity contribution in [3.63, 3.8) is 0 Å². The van der Waals surface area contributed by atoms with Crippen LogP contribution < -0.4 is 5.32 Å². The fraction of sp³-hybridized carbons (Fsp3) is 0.300. The summed E-state index contributed by atoms with van der Waals surface area (Å²) in [5.41, 5.74) is 1.03. The van der Waals surface area contributed by atoms with Gasteiger partial charge in [0, 0.05) is 29.8 Å². The van der Waals surface area contributed by atoms with Gasteiger partial charge in [0.25, 0.3) is 11.6 Å². The van der Waals surface area contributed by atoms with Gasteiger partial charge in [-0.3, -0.25) is 20.2 Å². The Morgan fingerprint density at radius 3 is 2.69 bits per heavy atom. The van der Waals surface area contributed by atoms with Crippen molar-refractivity contribution >= 4 is 28.6 Å². The summed E-state index contributed by atoms with van der Waals surface area (Å²) in [6.45, 7) is 0. The predicted molar refractivity (Wildman–Crippen MR) is 104 cm³/mol. The highest BCUT2D eigenvalue weighted by Crippen LogP contribution is 2.34. The molecule has 1 fully saturated rings. The Balaban J connectivity index is 1.71. The number of aromatic nitrogens is 2. The molecule has 1 aromatic heterocycles. The lowest BCUT2D eigenvalue weighted by atomic mass is 9.93. The number of aliphatic hydroxyl groups excluding tert-OH is 1. The third-order valence-electron chi connectivity index (χ3n) is 5.23. The Morgan fingerprint density at radius 2 is 1.97 bits per heavy atom. The monoisotopic (exact) mass is 398 g/mol. The standard InChI is InChI=1S/C20H19FN4O4/c21-13-4-9-18-17(11-13)22-20(24(18)14-5-7-16(26)8-6-14)23-19(27)12-2-1-3-15(10-12)25(28)29/h1-4,9-11,14,16,26H,5-8H2,(H,22,23,27). The minimum Gasteiger partial charge on any atom is -0.393 e. The van der Waals surface area contributed by atoms with Crippen molar-refractivity contribution in [2.45, 2.75) is 37.8 Å². The van der Waals surface area contributed by atoms with Crippen molar-refractivity contribution in [3.05, 3.63) is 64.0 Å². The molecular formula is C20H19FN4O4. The van der Waals surface area contributed by atoms with Crippen molar-refractivity contribution in [2.24, 2.45) is 0 Å². The molecule has 0 bridgehead atoms. The van der Waals surface area contributed by atoms with Crippen molar-refractivity contribution in [1.82, 2.24) is 9.55 Å². The fourth-order valence-electron chi connectivity index (χ4n) is 3.78. The lowest BCUT2D eigenvalue weighted by Gasteiger charge is -2.28. The van der Waals surface area contributed by atoms with E-state index in [0.717, 1.165) is 0 Å². The van der Waals surface area contributed by atoms with Gasteiger partial charge in [-0.25, -0.2) is 9.37 Å². The molecule has 1 amide bonds. The Hall–Kier alpha value is -3.33. The summed E-state index contributed by atoms with van der Waals surface area (Å²) in [5, 5.41) is 23.5. The van der Waals surface area contributed by atoms with E-state index in [1.165, 1.54) is 36.4 Å². The van der Waals surface area contributed by atoms with Crippen LogP contribution in [-0.2, 0) is 0 Å². The van der Waals surface area contributed by atoms with Crippen LogP contribution in [0.15, 0.2) is 42.5 Å². The van der Waals surface area contributed by atoms with E-state index < -0.39 is 16.6 Å². The normalized spacial score (nSPS) is 19.2. The Bertz CT molecular complexity index is 1090. The molecule has 0 aliphatic heterocycles. The van der Waals surface area contributed by atoms with Crippen LogP contribution in [0.5, 0.6) is 0 Å². The number of fused-ring (bicyclic) bond motifs is 1. The van der Waals surface area contributed by atoms with E-state index in [0.29, 0.717) is 36.7 Å². The number of benzene rings is 2. The smallest absolute Gasteiger partial charge is 0.270 e. The third kappa shape index (κ3) is 3.81. The van der Waals surface area contributed by atoms with Crippen LogP contribution in [0, 0.1) is 15.9 Å². The van der Waals surface area contributed by atoms with Gasteiger partial charge in [-0.05, 0) is 43.9 Å². The van der Waals surface area contributed by atoms with E-state index in [4.69, 9.17) is 0 Å². The van der Waals surface area contributed by atoms with Gasteiger partial charge in [0.05, 0.1) is 22.1 Å². The second kappa shape index (κ2) is 7.59.